The normalized spacial score (nSPS) is 12.1. The number of likely N-dealkylation sites (N-methyl/N-ethyl adjacent to an activating group) is 1. The third kappa shape index (κ3) is 6.01. The van der Waals surface area contributed by atoms with E-state index in [1.165, 1.54) is 5.56 Å². The number of carbonyl (C=O) groups excluding carboxylic acids is 1. The summed E-state index contributed by atoms with van der Waals surface area (Å²) in [6.45, 7) is 4.99. The molecule has 1 unspecified atom stereocenters. The van der Waals surface area contributed by atoms with Gasteiger partial charge in [-0.1, -0.05) is 54.4 Å². The Kier molecular flexibility index (Phi) is 8.72. The molecule has 0 aliphatic heterocycles. The van der Waals surface area contributed by atoms with Crippen molar-refractivity contribution >= 4 is 45.8 Å². The maximum absolute atomic E-state index is 13.8. The number of halogens is 2. The highest BCUT2D eigenvalue weighted by Crippen LogP contribution is 2.27. The lowest BCUT2D eigenvalue weighted by molar-refractivity contribution is 0.181. The highest BCUT2D eigenvalue weighted by molar-refractivity contribution is 6.42. The van der Waals surface area contributed by atoms with Gasteiger partial charge in [-0.3, -0.25) is 9.36 Å². The first-order valence-electron chi connectivity index (χ1n) is 12.5. The molecule has 1 heterocycles. The molecule has 3 aromatic carbocycles. The zero-order valence-electron chi connectivity index (χ0n) is 21.9. The molecule has 38 heavy (non-hydrogen) atoms. The maximum Gasteiger partial charge on any atom is 0.322 e. The largest absolute Gasteiger partial charge is 0.322 e. The van der Waals surface area contributed by atoms with E-state index in [2.05, 4.69) is 12.2 Å². The van der Waals surface area contributed by atoms with Gasteiger partial charge in [-0.2, -0.15) is 0 Å². The average molecular weight is 553 g/mol. The number of benzene rings is 3. The summed E-state index contributed by atoms with van der Waals surface area (Å²) in [5, 5.41) is 4.19. The molecule has 0 saturated heterocycles. The molecule has 9 heteroatoms. The van der Waals surface area contributed by atoms with E-state index in [0.717, 1.165) is 6.42 Å². The third-order valence-corrected chi connectivity index (χ3v) is 7.20. The molecule has 4 aromatic rings. The van der Waals surface area contributed by atoms with E-state index in [1.54, 1.807) is 33.7 Å². The summed E-state index contributed by atoms with van der Waals surface area (Å²) in [5.41, 5.74) is 2.78. The van der Waals surface area contributed by atoms with Crippen molar-refractivity contribution in [2.75, 3.05) is 32.5 Å². The number of fused-ring (bicyclic) bond motifs is 1. The number of hydrogen-bond acceptors (Lipinski definition) is 4. The number of nitrogens with zero attached hydrogens (tertiary/aromatic N) is 4. The van der Waals surface area contributed by atoms with Gasteiger partial charge < -0.3 is 15.1 Å². The summed E-state index contributed by atoms with van der Waals surface area (Å²) < 4.78 is 1.61. The van der Waals surface area contributed by atoms with Crippen molar-refractivity contribution in [2.45, 2.75) is 26.3 Å². The molecule has 1 aromatic heterocycles. The predicted octanol–water partition coefficient (Wildman–Crippen LogP) is 6.41. The van der Waals surface area contributed by atoms with Crippen LogP contribution in [0.3, 0.4) is 0 Å². The summed E-state index contributed by atoms with van der Waals surface area (Å²) in [5.74, 6) is 0.473. The van der Waals surface area contributed by atoms with Gasteiger partial charge in [0.25, 0.3) is 5.56 Å². The minimum Gasteiger partial charge on any atom is -0.313 e. The van der Waals surface area contributed by atoms with Crippen molar-refractivity contribution in [1.29, 1.82) is 0 Å². The van der Waals surface area contributed by atoms with Crippen LogP contribution in [0.1, 0.15) is 31.3 Å². The molecule has 0 saturated carbocycles. The Bertz CT molecular complexity index is 1500. The highest BCUT2D eigenvalue weighted by atomic mass is 35.5. The van der Waals surface area contributed by atoms with Crippen LogP contribution in [0.5, 0.6) is 0 Å². The number of amides is 2. The van der Waals surface area contributed by atoms with Crippen molar-refractivity contribution in [3.63, 3.8) is 0 Å². The number of urea groups is 1. The van der Waals surface area contributed by atoms with Gasteiger partial charge in [0.2, 0.25) is 0 Å². The smallest absolute Gasteiger partial charge is 0.313 e. The molecule has 0 aliphatic rings. The van der Waals surface area contributed by atoms with E-state index in [4.69, 9.17) is 28.2 Å². The lowest BCUT2D eigenvalue weighted by Crippen LogP contribution is -2.43. The second-order valence-electron chi connectivity index (χ2n) is 9.38. The van der Waals surface area contributed by atoms with Crippen molar-refractivity contribution in [3.8, 4) is 5.69 Å². The molecule has 1 atom stereocenters. The Morgan fingerprint density at radius 3 is 2.37 bits per heavy atom. The van der Waals surface area contributed by atoms with Crippen molar-refractivity contribution in [1.82, 2.24) is 19.4 Å². The van der Waals surface area contributed by atoms with Crippen LogP contribution in [-0.4, -0.2) is 52.6 Å². The van der Waals surface area contributed by atoms with Crippen molar-refractivity contribution < 1.29 is 4.79 Å². The number of hydrogen-bond donors (Lipinski definition) is 1. The number of aromatic nitrogens is 2. The van der Waals surface area contributed by atoms with Gasteiger partial charge in [-0.05, 0) is 75.5 Å². The fourth-order valence-electron chi connectivity index (χ4n) is 4.25. The van der Waals surface area contributed by atoms with Gasteiger partial charge >= 0.3 is 6.03 Å². The Labute approximate surface area is 232 Å². The standard InChI is InChI=1S/C29H31Cl2N5O2/c1-5-20-10-13-22(14-11-20)36-27(33-26-9-7-6-8-23(26)28(36)37)19(2)35(17-16-34(3)4)29(38)32-21-12-15-24(30)25(31)18-21/h6-15,18-19H,5,16-17H2,1-4H3,(H,32,38). The van der Waals surface area contributed by atoms with E-state index in [1.807, 2.05) is 68.4 Å². The van der Waals surface area contributed by atoms with Crippen LogP contribution >= 0.6 is 23.2 Å². The Hall–Kier alpha value is -3.39. The number of anilines is 1. The molecular weight excluding hydrogens is 521 g/mol. The fraction of sp³-hybridized carbons (Fsp3) is 0.276. The van der Waals surface area contributed by atoms with E-state index >= 15 is 0 Å². The van der Waals surface area contributed by atoms with Crippen LogP contribution in [-0.2, 0) is 6.42 Å². The summed E-state index contributed by atoms with van der Waals surface area (Å²) in [4.78, 5) is 36.0. The van der Waals surface area contributed by atoms with Crippen LogP contribution in [0.4, 0.5) is 10.5 Å². The monoisotopic (exact) mass is 551 g/mol. The molecular formula is C29H31Cl2N5O2. The SMILES string of the molecule is CCc1ccc(-n2c(C(C)N(CCN(C)C)C(=O)Nc3ccc(Cl)c(Cl)c3)nc3ccccc3c2=O)cc1. The van der Waals surface area contributed by atoms with Gasteiger partial charge in [0, 0.05) is 18.8 Å². The minimum absolute atomic E-state index is 0.181. The van der Waals surface area contributed by atoms with E-state index in [0.29, 0.717) is 51.2 Å². The molecule has 0 fully saturated rings. The molecule has 0 bridgehead atoms. The summed E-state index contributed by atoms with van der Waals surface area (Å²) in [6.07, 6.45) is 0.890. The average Bonchev–Trinajstić information content (AvgIpc) is 2.90. The lowest BCUT2D eigenvalue weighted by atomic mass is 10.1. The lowest BCUT2D eigenvalue weighted by Gasteiger charge is -2.31. The minimum atomic E-state index is -0.541. The molecule has 0 radical (unpaired) electrons. The zero-order valence-corrected chi connectivity index (χ0v) is 23.4. The van der Waals surface area contributed by atoms with Gasteiger partial charge in [-0.15, -0.1) is 0 Å². The zero-order chi connectivity index (χ0) is 27.4. The quantitative estimate of drug-likeness (QED) is 0.274. The number of carbonyl (C=O) groups is 1. The van der Waals surface area contributed by atoms with Crippen LogP contribution < -0.4 is 10.9 Å². The van der Waals surface area contributed by atoms with E-state index < -0.39 is 6.04 Å². The highest BCUT2D eigenvalue weighted by Gasteiger charge is 2.27. The molecule has 7 nitrogen and oxygen atoms in total. The molecule has 4 rings (SSSR count). The number of nitrogens with one attached hydrogen (secondary N) is 1. The van der Waals surface area contributed by atoms with Crippen molar-refractivity contribution in [2.24, 2.45) is 0 Å². The topological polar surface area (TPSA) is 70.5 Å². The van der Waals surface area contributed by atoms with E-state index in [-0.39, 0.29) is 11.6 Å². The Balaban J connectivity index is 1.82. The second-order valence-corrected chi connectivity index (χ2v) is 10.2. The molecule has 1 N–H and O–H groups in total. The van der Waals surface area contributed by atoms with E-state index in [9.17, 15) is 9.59 Å². The first-order valence-corrected chi connectivity index (χ1v) is 13.2. The second kappa shape index (κ2) is 12.0. The van der Waals surface area contributed by atoms with Crippen LogP contribution in [0, 0.1) is 0 Å². The summed E-state index contributed by atoms with van der Waals surface area (Å²) in [7, 11) is 3.89. The maximum atomic E-state index is 13.8. The molecule has 198 valence electrons. The van der Waals surface area contributed by atoms with Crippen molar-refractivity contribution in [3.05, 3.63) is 98.5 Å². The number of rotatable bonds is 8. The number of para-hydroxylation sites is 1. The fourth-order valence-corrected chi connectivity index (χ4v) is 4.55. The molecule has 2 amide bonds. The summed E-state index contributed by atoms with van der Waals surface area (Å²) >= 11 is 12.2. The summed E-state index contributed by atoms with van der Waals surface area (Å²) in [6, 6.07) is 19.2. The first kappa shape index (κ1) is 27.6. The molecule has 0 spiro atoms. The van der Waals surface area contributed by atoms with Gasteiger partial charge in [0.15, 0.2) is 0 Å². The first-order chi connectivity index (χ1) is 18.2. The van der Waals surface area contributed by atoms with Gasteiger partial charge in [0.1, 0.15) is 5.82 Å². The number of aryl methyl sites for hydroxylation is 1. The predicted molar refractivity (Wildman–Crippen MR) is 156 cm³/mol. The van der Waals surface area contributed by atoms with Crippen LogP contribution in [0.15, 0.2) is 71.5 Å². The molecule has 0 aliphatic carbocycles. The van der Waals surface area contributed by atoms with Crippen LogP contribution in [0.25, 0.3) is 16.6 Å². The Morgan fingerprint density at radius 1 is 1.00 bits per heavy atom. The van der Waals surface area contributed by atoms with Gasteiger partial charge in [0.05, 0.1) is 32.7 Å². The third-order valence-electron chi connectivity index (χ3n) is 6.47. The van der Waals surface area contributed by atoms with Gasteiger partial charge in [-0.25, -0.2) is 9.78 Å². The Morgan fingerprint density at radius 2 is 1.71 bits per heavy atom. The van der Waals surface area contributed by atoms with Crippen LogP contribution in [0.2, 0.25) is 10.0 Å².